The maximum atomic E-state index is 12.3. The first-order chi connectivity index (χ1) is 12.2. The number of hydrogen-bond acceptors (Lipinski definition) is 7. The third kappa shape index (κ3) is 3.98. The van der Waals surface area contributed by atoms with Crippen molar-refractivity contribution in [1.29, 1.82) is 0 Å². The third-order valence-corrected chi connectivity index (χ3v) is 5.26. The predicted octanol–water partition coefficient (Wildman–Crippen LogP) is 2.07. The van der Waals surface area contributed by atoms with Crippen molar-refractivity contribution in [3.05, 3.63) is 58.1 Å². The Morgan fingerprint density at radius 1 is 1.08 bits per heavy atom. The maximum absolute atomic E-state index is 12.3. The number of rotatable bonds is 6. The molecule has 0 aliphatic rings. The van der Waals surface area contributed by atoms with Crippen molar-refractivity contribution in [2.75, 3.05) is 21.2 Å². The summed E-state index contributed by atoms with van der Waals surface area (Å²) in [5.41, 5.74) is -0.183. The highest BCUT2D eigenvalue weighted by atomic mass is 32.2. The van der Waals surface area contributed by atoms with Crippen molar-refractivity contribution in [3.63, 3.8) is 0 Å². The molecule has 0 aliphatic heterocycles. The summed E-state index contributed by atoms with van der Waals surface area (Å²) in [5, 5.41) is 10.9. The molecule has 2 aromatic carbocycles. The highest BCUT2D eigenvalue weighted by Crippen LogP contribution is 2.31. The molecule has 10 heteroatoms. The van der Waals surface area contributed by atoms with Gasteiger partial charge in [-0.05, 0) is 30.3 Å². The molecule has 0 radical (unpaired) electrons. The van der Waals surface area contributed by atoms with Gasteiger partial charge in [-0.15, -0.1) is 0 Å². The molecule has 138 valence electrons. The number of nitro benzene ring substituents is 1. The zero-order chi connectivity index (χ0) is 19.5. The van der Waals surface area contributed by atoms with E-state index in [1.54, 1.807) is 0 Å². The van der Waals surface area contributed by atoms with Gasteiger partial charge in [0.05, 0.1) is 28.6 Å². The van der Waals surface area contributed by atoms with Crippen LogP contribution < -0.4 is 9.47 Å². The fraction of sp³-hybridized carbons (Fsp3) is 0.188. The molecule has 0 bridgehead atoms. The second-order valence-electron chi connectivity index (χ2n) is 5.29. The van der Waals surface area contributed by atoms with Crippen LogP contribution in [0.4, 0.5) is 5.69 Å². The number of non-ortho nitro benzene ring substituents is 1. The second-order valence-corrected chi connectivity index (χ2v) is 7.45. The highest BCUT2D eigenvalue weighted by Gasteiger charge is 2.20. The van der Waals surface area contributed by atoms with Crippen LogP contribution in [0.15, 0.2) is 47.4 Å². The number of nitrogens with zero attached hydrogens (tertiary/aromatic N) is 2. The predicted molar refractivity (Wildman–Crippen MR) is 91.9 cm³/mol. The Kier molecular flexibility index (Phi) is 5.58. The molecule has 0 aliphatic carbocycles. The summed E-state index contributed by atoms with van der Waals surface area (Å²) < 4.78 is 35.3. The summed E-state index contributed by atoms with van der Waals surface area (Å²) in [5.74, 6) is -0.773. The Morgan fingerprint density at radius 3 is 2.19 bits per heavy atom. The number of sulfonamides is 1. The van der Waals surface area contributed by atoms with Gasteiger partial charge in [0.25, 0.3) is 5.69 Å². The molecule has 26 heavy (non-hydrogen) atoms. The Hall–Kier alpha value is -2.98. The smallest absolute Gasteiger partial charge is 0.343 e. The first kappa shape index (κ1) is 19.3. The number of esters is 1. The van der Waals surface area contributed by atoms with Crippen molar-refractivity contribution >= 4 is 21.7 Å². The normalized spacial score (nSPS) is 11.2. The molecule has 0 saturated heterocycles. The van der Waals surface area contributed by atoms with E-state index in [2.05, 4.69) is 0 Å². The number of hydrogen-bond donors (Lipinski definition) is 0. The van der Waals surface area contributed by atoms with E-state index in [1.165, 1.54) is 57.6 Å². The van der Waals surface area contributed by atoms with Crippen LogP contribution in [0.3, 0.4) is 0 Å². The van der Waals surface area contributed by atoms with Gasteiger partial charge in [-0.25, -0.2) is 17.5 Å². The molecule has 0 amide bonds. The molecule has 0 fully saturated rings. The van der Waals surface area contributed by atoms with Crippen LogP contribution in [0.2, 0.25) is 0 Å². The first-order valence-electron chi connectivity index (χ1n) is 7.24. The molecule has 2 rings (SSSR count). The zero-order valence-electron chi connectivity index (χ0n) is 14.2. The van der Waals surface area contributed by atoms with Gasteiger partial charge in [0, 0.05) is 20.2 Å². The minimum atomic E-state index is -3.62. The van der Waals surface area contributed by atoms with Gasteiger partial charge in [0.2, 0.25) is 10.0 Å². The number of carbonyl (C=O) groups excluding carboxylic acids is 1. The Balaban J connectivity index is 2.28. The molecular formula is C16H16N2O7S. The summed E-state index contributed by atoms with van der Waals surface area (Å²) in [6.07, 6.45) is 0. The van der Waals surface area contributed by atoms with Crippen molar-refractivity contribution < 1.29 is 27.6 Å². The Bertz CT molecular complexity index is 938. The average Bonchev–Trinajstić information content (AvgIpc) is 2.61. The fourth-order valence-corrected chi connectivity index (χ4v) is 2.89. The van der Waals surface area contributed by atoms with Crippen LogP contribution >= 0.6 is 0 Å². The number of methoxy groups -OCH3 is 1. The van der Waals surface area contributed by atoms with E-state index in [-0.39, 0.29) is 27.6 Å². The molecule has 9 nitrogen and oxygen atoms in total. The van der Waals surface area contributed by atoms with Gasteiger partial charge in [-0.1, -0.05) is 0 Å². The number of carbonyl (C=O) groups is 1. The molecule has 0 unspecified atom stereocenters. The average molecular weight is 380 g/mol. The summed E-state index contributed by atoms with van der Waals surface area (Å²) in [7, 11) is 0.505. The van der Waals surface area contributed by atoms with Crippen molar-refractivity contribution in [2.45, 2.75) is 4.90 Å². The first-order valence-corrected chi connectivity index (χ1v) is 8.68. The second kappa shape index (κ2) is 7.50. The van der Waals surface area contributed by atoms with Crippen molar-refractivity contribution in [1.82, 2.24) is 4.31 Å². The van der Waals surface area contributed by atoms with Crippen LogP contribution in [0, 0.1) is 10.1 Å². The lowest BCUT2D eigenvalue weighted by atomic mass is 10.2. The van der Waals surface area contributed by atoms with Crippen molar-refractivity contribution in [3.8, 4) is 11.5 Å². The molecule has 2 aromatic rings. The third-order valence-electron chi connectivity index (χ3n) is 3.43. The van der Waals surface area contributed by atoms with E-state index < -0.39 is 20.9 Å². The van der Waals surface area contributed by atoms with Gasteiger partial charge in [-0.3, -0.25) is 10.1 Å². The van der Waals surface area contributed by atoms with Gasteiger partial charge < -0.3 is 9.47 Å². The lowest BCUT2D eigenvalue weighted by molar-refractivity contribution is -0.384. The number of ether oxygens (including phenoxy) is 2. The van der Waals surface area contributed by atoms with Crippen LogP contribution in [0.1, 0.15) is 10.4 Å². The minimum Gasteiger partial charge on any atom is -0.493 e. The molecule has 0 atom stereocenters. The summed E-state index contributed by atoms with van der Waals surface area (Å²) in [4.78, 5) is 22.5. The molecule has 0 N–H and O–H groups in total. The molecule has 0 aromatic heterocycles. The summed E-state index contributed by atoms with van der Waals surface area (Å²) in [6, 6.07) is 8.74. The van der Waals surface area contributed by atoms with E-state index in [9.17, 15) is 23.3 Å². The molecule has 0 spiro atoms. The number of nitro groups is 1. The maximum Gasteiger partial charge on any atom is 0.343 e. The lowest BCUT2D eigenvalue weighted by Gasteiger charge is -2.12. The van der Waals surface area contributed by atoms with E-state index >= 15 is 0 Å². The summed E-state index contributed by atoms with van der Waals surface area (Å²) in [6.45, 7) is 0. The molecular weight excluding hydrogens is 364 g/mol. The van der Waals surface area contributed by atoms with Gasteiger partial charge in [0.15, 0.2) is 11.5 Å². The quantitative estimate of drug-likeness (QED) is 0.326. The number of benzene rings is 2. The molecule has 0 heterocycles. The Labute approximate surface area is 150 Å². The largest absolute Gasteiger partial charge is 0.493 e. The van der Waals surface area contributed by atoms with Crippen LogP contribution in [-0.4, -0.2) is 44.8 Å². The van der Waals surface area contributed by atoms with Crippen LogP contribution in [0.5, 0.6) is 11.5 Å². The summed E-state index contributed by atoms with van der Waals surface area (Å²) >= 11 is 0. The highest BCUT2D eigenvalue weighted by molar-refractivity contribution is 7.89. The van der Waals surface area contributed by atoms with E-state index in [0.717, 1.165) is 10.4 Å². The van der Waals surface area contributed by atoms with E-state index in [4.69, 9.17) is 9.47 Å². The van der Waals surface area contributed by atoms with Gasteiger partial charge >= 0.3 is 5.97 Å². The SMILES string of the molecule is COc1ccc([N+](=O)[O-])cc1OC(=O)c1ccc(S(=O)(=O)N(C)C)cc1. The van der Waals surface area contributed by atoms with Crippen molar-refractivity contribution in [2.24, 2.45) is 0 Å². The van der Waals surface area contributed by atoms with E-state index in [1.807, 2.05) is 0 Å². The Morgan fingerprint density at radius 2 is 1.69 bits per heavy atom. The zero-order valence-corrected chi connectivity index (χ0v) is 15.0. The monoisotopic (exact) mass is 380 g/mol. The van der Waals surface area contributed by atoms with E-state index in [0.29, 0.717) is 0 Å². The van der Waals surface area contributed by atoms with Crippen LogP contribution in [-0.2, 0) is 10.0 Å². The van der Waals surface area contributed by atoms with Gasteiger partial charge in [0.1, 0.15) is 0 Å². The molecule has 0 saturated carbocycles. The fourth-order valence-electron chi connectivity index (χ4n) is 1.99. The standard InChI is InChI=1S/C16H16N2O7S/c1-17(2)26(22,23)13-7-4-11(5-8-13)16(19)25-15-10-12(18(20)21)6-9-14(15)24-3/h4-10H,1-3H3. The lowest BCUT2D eigenvalue weighted by Crippen LogP contribution is -2.22. The topological polar surface area (TPSA) is 116 Å². The minimum absolute atomic E-state index is 0.0204. The van der Waals surface area contributed by atoms with Crippen LogP contribution in [0.25, 0.3) is 0 Å². The van der Waals surface area contributed by atoms with Gasteiger partial charge in [-0.2, -0.15) is 0 Å².